The normalized spacial score (nSPS) is 12.4. The molecule has 0 aromatic heterocycles. The second-order valence-corrected chi connectivity index (χ2v) is 5.20. The van der Waals surface area contributed by atoms with Gasteiger partial charge < -0.3 is 10.4 Å². The van der Waals surface area contributed by atoms with E-state index in [-0.39, 0.29) is 11.9 Å². The number of aromatic hydroxyl groups is 1. The summed E-state index contributed by atoms with van der Waals surface area (Å²) < 4.78 is 13.7. The van der Waals surface area contributed by atoms with Gasteiger partial charge in [0.2, 0.25) is 0 Å². The van der Waals surface area contributed by atoms with Crippen LogP contribution in [0.2, 0.25) is 0 Å². The molecule has 20 heavy (non-hydrogen) atoms. The molecule has 0 aliphatic heterocycles. The molecule has 1 atom stereocenters. The third-order valence-electron chi connectivity index (χ3n) is 3.53. The summed E-state index contributed by atoms with van der Waals surface area (Å²) in [5.41, 5.74) is 3.47. The minimum Gasteiger partial charge on any atom is -0.507 e. The van der Waals surface area contributed by atoms with Crippen molar-refractivity contribution in [1.29, 1.82) is 0 Å². The Balaban J connectivity index is 2.07. The average molecular weight is 273 g/mol. The highest BCUT2D eigenvalue weighted by atomic mass is 19.1. The van der Waals surface area contributed by atoms with Crippen molar-refractivity contribution in [3.8, 4) is 5.75 Å². The highest BCUT2D eigenvalue weighted by molar-refractivity contribution is 5.42. The Labute approximate surface area is 119 Å². The van der Waals surface area contributed by atoms with Gasteiger partial charge in [-0.15, -0.1) is 0 Å². The number of rotatable bonds is 4. The van der Waals surface area contributed by atoms with Crippen LogP contribution >= 0.6 is 0 Å². The van der Waals surface area contributed by atoms with E-state index in [1.54, 1.807) is 12.1 Å². The van der Waals surface area contributed by atoms with Crippen LogP contribution in [-0.4, -0.2) is 5.11 Å². The second kappa shape index (κ2) is 6.06. The van der Waals surface area contributed by atoms with Gasteiger partial charge in [0.1, 0.15) is 11.6 Å². The Hall–Kier alpha value is -1.87. The van der Waals surface area contributed by atoms with Gasteiger partial charge in [-0.3, -0.25) is 0 Å². The van der Waals surface area contributed by atoms with Crippen molar-refractivity contribution >= 4 is 0 Å². The zero-order valence-electron chi connectivity index (χ0n) is 12.1. The molecule has 0 radical (unpaired) electrons. The first-order chi connectivity index (χ1) is 9.49. The Morgan fingerprint density at radius 2 is 1.75 bits per heavy atom. The molecular formula is C17H20FNO. The van der Waals surface area contributed by atoms with Gasteiger partial charge >= 0.3 is 0 Å². The van der Waals surface area contributed by atoms with Crippen LogP contribution in [0.25, 0.3) is 0 Å². The Morgan fingerprint density at radius 1 is 1.15 bits per heavy atom. The molecule has 0 heterocycles. The minimum absolute atomic E-state index is 0.0642. The van der Waals surface area contributed by atoms with Gasteiger partial charge in [0.15, 0.2) is 0 Å². The number of aryl methyl sites for hydroxylation is 2. The summed E-state index contributed by atoms with van der Waals surface area (Å²) in [7, 11) is 0. The summed E-state index contributed by atoms with van der Waals surface area (Å²) in [4.78, 5) is 0. The van der Waals surface area contributed by atoms with Gasteiger partial charge in [-0.25, -0.2) is 4.39 Å². The van der Waals surface area contributed by atoms with Crippen LogP contribution in [0.15, 0.2) is 36.4 Å². The lowest BCUT2D eigenvalue weighted by atomic mass is 10.0. The highest BCUT2D eigenvalue weighted by Gasteiger charge is 2.10. The topological polar surface area (TPSA) is 32.3 Å². The minimum atomic E-state index is -0.189. The molecule has 3 heteroatoms. The monoisotopic (exact) mass is 273 g/mol. The van der Waals surface area contributed by atoms with E-state index in [4.69, 9.17) is 0 Å². The largest absolute Gasteiger partial charge is 0.507 e. The Morgan fingerprint density at radius 3 is 2.35 bits per heavy atom. The van der Waals surface area contributed by atoms with Gasteiger partial charge in [0, 0.05) is 18.2 Å². The van der Waals surface area contributed by atoms with Crippen LogP contribution in [0.4, 0.5) is 4.39 Å². The summed E-state index contributed by atoms with van der Waals surface area (Å²) in [6.07, 6.45) is 0. The van der Waals surface area contributed by atoms with Gasteiger partial charge in [-0.2, -0.15) is 0 Å². The van der Waals surface area contributed by atoms with E-state index in [1.165, 1.54) is 6.07 Å². The molecule has 0 saturated heterocycles. The van der Waals surface area contributed by atoms with E-state index in [0.717, 1.165) is 16.7 Å². The number of hydrogen-bond donors (Lipinski definition) is 2. The molecule has 2 rings (SSSR count). The fraction of sp³-hybridized carbons (Fsp3) is 0.294. The first kappa shape index (κ1) is 14.5. The van der Waals surface area contributed by atoms with Crippen LogP contribution in [0.3, 0.4) is 0 Å². The molecule has 2 N–H and O–H groups in total. The number of phenols is 1. The van der Waals surface area contributed by atoms with Crippen LogP contribution in [0, 0.1) is 19.7 Å². The number of halogens is 1. The number of hydrogen-bond acceptors (Lipinski definition) is 2. The fourth-order valence-corrected chi connectivity index (χ4v) is 2.35. The molecule has 2 aromatic carbocycles. The van der Waals surface area contributed by atoms with E-state index in [9.17, 15) is 9.50 Å². The van der Waals surface area contributed by atoms with Crippen molar-refractivity contribution in [3.63, 3.8) is 0 Å². The van der Waals surface area contributed by atoms with Crippen LogP contribution in [0.5, 0.6) is 5.75 Å². The summed E-state index contributed by atoms with van der Waals surface area (Å²) in [6.45, 7) is 6.34. The lowest BCUT2D eigenvalue weighted by Gasteiger charge is -2.16. The van der Waals surface area contributed by atoms with Crippen molar-refractivity contribution in [1.82, 2.24) is 5.32 Å². The van der Waals surface area contributed by atoms with Crippen LogP contribution in [-0.2, 0) is 6.54 Å². The molecule has 0 saturated carbocycles. The van der Waals surface area contributed by atoms with Gasteiger partial charge in [-0.1, -0.05) is 30.3 Å². The average Bonchev–Trinajstić information content (AvgIpc) is 2.42. The second-order valence-electron chi connectivity index (χ2n) is 5.20. The number of nitrogens with one attached hydrogen (secondary N) is 1. The molecule has 2 aromatic rings. The van der Waals surface area contributed by atoms with E-state index in [0.29, 0.717) is 17.9 Å². The molecule has 106 valence electrons. The molecule has 0 aliphatic carbocycles. The van der Waals surface area contributed by atoms with Crippen molar-refractivity contribution in [3.05, 3.63) is 64.5 Å². The number of benzene rings is 2. The number of phenolic OH excluding ortho intramolecular Hbond substituents is 1. The predicted molar refractivity (Wildman–Crippen MR) is 79.2 cm³/mol. The predicted octanol–water partition coefficient (Wildman–Crippen LogP) is 4.00. The summed E-state index contributed by atoms with van der Waals surface area (Å²) in [5, 5.41) is 13.1. The van der Waals surface area contributed by atoms with Crippen LogP contribution in [0.1, 0.15) is 35.2 Å². The van der Waals surface area contributed by atoms with Gasteiger partial charge in [0.05, 0.1) is 0 Å². The lowest BCUT2D eigenvalue weighted by Crippen LogP contribution is -2.19. The van der Waals surface area contributed by atoms with Gasteiger partial charge in [0.25, 0.3) is 0 Å². The summed E-state index contributed by atoms with van der Waals surface area (Å²) >= 11 is 0. The van der Waals surface area contributed by atoms with Gasteiger partial charge in [-0.05, 0) is 43.5 Å². The molecule has 0 spiro atoms. The smallest absolute Gasteiger partial charge is 0.127 e. The standard InChI is InChI=1S/C17H20FNO/c1-11-8-14(9-12(2)17(11)20)10-19-13(3)15-6-4-5-7-16(15)18/h4-9,13,19-20H,10H2,1-3H3/t13-/m1/s1. The zero-order chi connectivity index (χ0) is 14.7. The van der Waals surface area contributed by atoms with Crippen molar-refractivity contribution in [2.75, 3.05) is 0 Å². The summed E-state index contributed by atoms with van der Waals surface area (Å²) in [5.74, 6) is 0.154. The molecule has 2 nitrogen and oxygen atoms in total. The van der Waals surface area contributed by atoms with Crippen molar-refractivity contribution in [2.24, 2.45) is 0 Å². The quantitative estimate of drug-likeness (QED) is 0.882. The fourth-order valence-electron chi connectivity index (χ4n) is 2.35. The van der Waals surface area contributed by atoms with E-state index < -0.39 is 0 Å². The maximum Gasteiger partial charge on any atom is 0.127 e. The van der Waals surface area contributed by atoms with E-state index in [2.05, 4.69) is 5.32 Å². The van der Waals surface area contributed by atoms with Crippen LogP contribution < -0.4 is 5.32 Å². The summed E-state index contributed by atoms with van der Waals surface area (Å²) in [6, 6.07) is 10.6. The lowest BCUT2D eigenvalue weighted by molar-refractivity contribution is 0.466. The third kappa shape index (κ3) is 3.17. The zero-order valence-corrected chi connectivity index (χ0v) is 12.1. The van der Waals surface area contributed by atoms with E-state index in [1.807, 2.05) is 39.0 Å². The Kier molecular flexibility index (Phi) is 4.40. The van der Waals surface area contributed by atoms with Crippen molar-refractivity contribution < 1.29 is 9.50 Å². The maximum atomic E-state index is 13.7. The Bertz CT molecular complexity index is 587. The molecule has 0 unspecified atom stereocenters. The SMILES string of the molecule is Cc1cc(CN[C@H](C)c2ccccc2F)cc(C)c1O. The molecule has 0 bridgehead atoms. The molecule has 0 aliphatic rings. The first-order valence-corrected chi connectivity index (χ1v) is 6.76. The first-order valence-electron chi connectivity index (χ1n) is 6.76. The molecule has 0 fully saturated rings. The molecule has 0 amide bonds. The van der Waals surface area contributed by atoms with Crippen molar-refractivity contribution in [2.45, 2.75) is 33.4 Å². The highest BCUT2D eigenvalue weighted by Crippen LogP contribution is 2.23. The molecular weight excluding hydrogens is 253 g/mol. The maximum absolute atomic E-state index is 13.7. The van der Waals surface area contributed by atoms with E-state index >= 15 is 0 Å². The third-order valence-corrected chi connectivity index (χ3v) is 3.53.